The van der Waals surface area contributed by atoms with Crippen LogP contribution in [0, 0.1) is 11.8 Å². The van der Waals surface area contributed by atoms with Crippen molar-refractivity contribution < 1.29 is 14.3 Å². The molecule has 0 spiro atoms. The number of nitrogens with one attached hydrogen (secondary N) is 1. The molecule has 0 saturated heterocycles. The Labute approximate surface area is 139 Å². The molecule has 0 aromatic rings. The Morgan fingerprint density at radius 2 is 1.70 bits per heavy atom. The average molecular weight is 326 g/mol. The molecule has 0 atom stereocenters. The number of urea groups is 1. The van der Waals surface area contributed by atoms with Crippen molar-refractivity contribution in [3.05, 3.63) is 0 Å². The predicted molar refractivity (Wildman–Crippen MR) is 90.4 cm³/mol. The molecule has 0 aliphatic heterocycles. The van der Waals surface area contributed by atoms with Gasteiger partial charge in [0.05, 0.1) is 7.11 Å². The second-order valence-corrected chi connectivity index (χ2v) is 6.64. The first-order chi connectivity index (χ1) is 10.8. The van der Waals surface area contributed by atoms with E-state index in [9.17, 15) is 9.59 Å². The van der Waals surface area contributed by atoms with E-state index in [1.165, 1.54) is 12.0 Å². The maximum Gasteiger partial charge on any atom is 0.436 e. The molecule has 1 aliphatic carbocycles. The number of rotatable bonds is 2. The van der Waals surface area contributed by atoms with Crippen LogP contribution in [0.3, 0.4) is 0 Å². The minimum absolute atomic E-state index is 0.182. The van der Waals surface area contributed by atoms with Crippen LogP contribution in [0.5, 0.6) is 0 Å². The molecule has 7 nitrogen and oxygen atoms in total. The Morgan fingerprint density at radius 3 is 2.13 bits per heavy atom. The first-order valence-electron chi connectivity index (χ1n) is 8.14. The third kappa shape index (κ3) is 5.73. The molecule has 3 amide bonds. The van der Waals surface area contributed by atoms with E-state index in [1.54, 1.807) is 26.0 Å². The van der Waals surface area contributed by atoms with E-state index in [0.717, 1.165) is 31.6 Å². The summed E-state index contributed by atoms with van der Waals surface area (Å²) in [5, 5.41) is 3.03. The highest BCUT2D eigenvalue weighted by Crippen LogP contribution is 2.29. The summed E-state index contributed by atoms with van der Waals surface area (Å²) in [7, 11) is 6.29. The summed E-state index contributed by atoms with van der Waals surface area (Å²) in [6.07, 6.45) is 3.54. The minimum atomic E-state index is -0.731. The summed E-state index contributed by atoms with van der Waals surface area (Å²) in [6, 6.07) is -0.0733. The summed E-state index contributed by atoms with van der Waals surface area (Å²) >= 11 is 0. The zero-order chi connectivity index (χ0) is 17.6. The topological polar surface area (TPSA) is 74.2 Å². The molecule has 0 bridgehead atoms. The predicted octanol–water partition coefficient (Wildman–Crippen LogP) is 2.53. The van der Waals surface area contributed by atoms with Gasteiger partial charge in [0, 0.05) is 27.2 Å². The van der Waals surface area contributed by atoms with Gasteiger partial charge in [-0.1, -0.05) is 13.8 Å². The zero-order valence-electron chi connectivity index (χ0n) is 15.1. The van der Waals surface area contributed by atoms with E-state index < -0.39 is 6.09 Å². The zero-order valence-corrected chi connectivity index (χ0v) is 15.1. The van der Waals surface area contributed by atoms with E-state index in [-0.39, 0.29) is 18.0 Å². The standard InChI is InChI=1S/C16H30N4O3/c1-11(2)12-7-9-13(10-8-12)17-15(21)20(5)14(19(3)4)18-16(22)23-6/h11-13H,7-10H2,1-6H3,(H,17,21). The number of nitrogens with zero attached hydrogens (tertiary/aromatic N) is 3. The van der Waals surface area contributed by atoms with E-state index in [1.807, 2.05) is 0 Å². The van der Waals surface area contributed by atoms with Crippen LogP contribution in [-0.4, -0.2) is 62.2 Å². The second-order valence-electron chi connectivity index (χ2n) is 6.64. The Kier molecular flexibility index (Phi) is 7.32. The van der Waals surface area contributed by atoms with Gasteiger partial charge in [0.25, 0.3) is 0 Å². The van der Waals surface area contributed by atoms with Crippen LogP contribution in [-0.2, 0) is 4.74 Å². The number of hydrogen-bond donors (Lipinski definition) is 1. The van der Waals surface area contributed by atoms with Gasteiger partial charge >= 0.3 is 12.1 Å². The van der Waals surface area contributed by atoms with Crippen LogP contribution in [0.1, 0.15) is 39.5 Å². The molecule has 0 heterocycles. The number of carbonyl (C=O) groups excluding carboxylic acids is 2. The van der Waals surface area contributed by atoms with Crippen LogP contribution in [0.15, 0.2) is 4.99 Å². The van der Waals surface area contributed by atoms with Gasteiger partial charge in [-0.2, -0.15) is 0 Å². The summed E-state index contributed by atoms with van der Waals surface area (Å²) in [5.41, 5.74) is 0. The molecule has 23 heavy (non-hydrogen) atoms. The highest BCUT2D eigenvalue weighted by molar-refractivity contribution is 5.99. The lowest BCUT2D eigenvalue weighted by Gasteiger charge is -2.33. The van der Waals surface area contributed by atoms with Crippen LogP contribution in [0.2, 0.25) is 0 Å². The van der Waals surface area contributed by atoms with Gasteiger partial charge in [0.2, 0.25) is 5.96 Å². The van der Waals surface area contributed by atoms with Crippen LogP contribution in [0.4, 0.5) is 9.59 Å². The van der Waals surface area contributed by atoms with Crippen molar-refractivity contribution in [1.82, 2.24) is 15.1 Å². The van der Waals surface area contributed by atoms with Gasteiger partial charge in [-0.15, -0.1) is 4.99 Å². The number of carbonyl (C=O) groups is 2. The van der Waals surface area contributed by atoms with E-state index >= 15 is 0 Å². The minimum Gasteiger partial charge on any atom is -0.451 e. The SMILES string of the molecule is COC(=O)N=C(N(C)C)N(C)C(=O)NC1CCC(C(C)C)CC1. The average Bonchev–Trinajstić information content (AvgIpc) is 2.51. The first kappa shape index (κ1) is 19.3. The van der Waals surface area contributed by atoms with Gasteiger partial charge in [0.1, 0.15) is 0 Å². The van der Waals surface area contributed by atoms with Crippen molar-refractivity contribution in [2.45, 2.75) is 45.6 Å². The third-order valence-corrected chi connectivity index (χ3v) is 4.41. The molecule has 0 aromatic carbocycles. The summed E-state index contributed by atoms with van der Waals surface area (Å²) in [6.45, 7) is 4.51. The van der Waals surface area contributed by atoms with Crippen LogP contribution < -0.4 is 5.32 Å². The molecule has 132 valence electrons. The van der Waals surface area contributed by atoms with Crippen molar-refractivity contribution in [1.29, 1.82) is 0 Å². The van der Waals surface area contributed by atoms with Crippen molar-refractivity contribution in [3.63, 3.8) is 0 Å². The van der Waals surface area contributed by atoms with Gasteiger partial charge in [-0.05, 0) is 37.5 Å². The number of methoxy groups -OCH3 is 1. The largest absolute Gasteiger partial charge is 0.451 e. The normalized spacial score (nSPS) is 21.8. The van der Waals surface area contributed by atoms with E-state index in [2.05, 4.69) is 28.9 Å². The Balaban J connectivity index is 2.62. The summed E-state index contributed by atoms with van der Waals surface area (Å²) in [5.74, 6) is 1.69. The number of ether oxygens (including phenoxy) is 1. The smallest absolute Gasteiger partial charge is 0.436 e. The van der Waals surface area contributed by atoms with Crippen molar-refractivity contribution in [2.75, 3.05) is 28.3 Å². The molecule has 1 N–H and O–H groups in total. The monoisotopic (exact) mass is 326 g/mol. The van der Waals surface area contributed by atoms with Crippen molar-refractivity contribution >= 4 is 18.1 Å². The number of guanidine groups is 1. The highest BCUT2D eigenvalue weighted by Gasteiger charge is 2.26. The molecule has 0 aromatic heterocycles. The lowest BCUT2D eigenvalue weighted by Crippen LogP contribution is -2.50. The van der Waals surface area contributed by atoms with E-state index in [4.69, 9.17) is 0 Å². The van der Waals surface area contributed by atoms with Gasteiger partial charge < -0.3 is 15.0 Å². The molecule has 0 unspecified atom stereocenters. The number of amides is 3. The molecule has 0 radical (unpaired) electrons. The fraction of sp³-hybridized carbons (Fsp3) is 0.812. The number of hydrogen-bond acceptors (Lipinski definition) is 3. The lowest BCUT2D eigenvalue weighted by atomic mass is 9.80. The second kappa shape index (κ2) is 8.74. The maximum absolute atomic E-state index is 12.4. The lowest BCUT2D eigenvalue weighted by molar-refractivity contribution is 0.181. The summed E-state index contributed by atoms with van der Waals surface area (Å²) in [4.78, 5) is 30.5. The maximum atomic E-state index is 12.4. The van der Waals surface area contributed by atoms with Crippen molar-refractivity contribution in [3.8, 4) is 0 Å². The molecular formula is C16H30N4O3. The molecule has 1 saturated carbocycles. The Morgan fingerprint density at radius 1 is 1.13 bits per heavy atom. The van der Waals surface area contributed by atoms with Gasteiger partial charge in [0.15, 0.2) is 0 Å². The molecule has 1 rings (SSSR count). The Hall–Kier alpha value is -1.79. The van der Waals surface area contributed by atoms with E-state index in [0.29, 0.717) is 5.92 Å². The quantitative estimate of drug-likeness (QED) is 0.625. The summed E-state index contributed by atoms with van der Waals surface area (Å²) < 4.78 is 4.53. The van der Waals surface area contributed by atoms with Gasteiger partial charge in [-0.25, -0.2) is 9.59 Å². The highest BCUT2D eigenvalue weighted by atomic mass is 16.5. The van der Waals surface area contributed by atoms with Crippen LogP contribution in [0.25, 0.3) is 0 Å². The number of aliphatic imine (C=N–C) groups is 1. The van der Waals surface area contributed by atoms with Crippen LogP contribution >= 0.6 is 0 Å². The van der Waals surface area contributed by atoms with Crippen molar-refractivity contribution in [2.24, 2.45) is 16.8 Å². The molecule has 1 fully saturated rings. The fourth-order valence-electron chi connectivity index (χ4n) is 2.89. The fourth-order valence-corrected chi connectivity index (χ4v) is 2.89. The first-order valence-corrected chi connectivity index (χ1v) is 8.14. The molecular weight excluding hydrogens is 296 g/mol. The Bertz CT molecular complexity index is 441. The van der Waals surface area contributed by atoms with Gasteiger partial charge in [-0.3, -0.25) is 4.90 Å². The third-order valence-electron chi connectivity index (χ3n) is 4.41. The molecule has 1 aliphatic rings. The molecule has 7 heteroatoms.